The van der Waals surface area contributed by atoms with Crippen LogP contribution in [0.3, 0.4) is 0 Å². The second-order valence-corrected chi connectivity index (χ2v) is 13.5. The number of benzene rings is 2. The fraction of sp³-hybridized carbons (Fsp3) is 0.520. The summed E-state index contributed by atoms with van der Waals surface area (Å²) in [5.74, 6) is 1.18. The smallest absolute Gasteiger partial charge is 0.243 e. The van der Waals surface area contributed by atoms with Crippen LogP contribution in [0, 0.1) is 26.2 Å². The number of rotatable bonds is 6. The average molecular weight is 523 g/mol. The first-order chi connectivity index (χ1) is 16.4. The molecule has 2 aliphatic heterocycles. The zero-order chi connectivity index (χ0) is 25.6. The first-order valence-corrected chi connectivity index (χ1v) is 14.6. The van der Waals surface area contributed by atoms with Gasteiger partial charge in [0.15, 0.2) is 0 Å². The van der Waals surface area contributed by atoms with E-state index in [1.807, 2.05) is 13.8 Å². The minimum Gasteiger partial charge on any atom is -0.497 e. The quantitative estimate of drug-likeness (QED) is 0.577. The van der Waals surface area contributed by atoms with E-state index in [0.29, 0.717) is 66.5 Å². The van der Waals surface area contributed by atoms with Crippen molar-refractivity contribution in [2.45, 2.75) is 49.8 Å². The highest BCUT2D eigenvalue weighted by atomic mass is 32.2. The average Bonchev–Trinajstić information content (AvgIpc) is 3.26. The Hall–Kier alpha value is -2.14. The maximum absolute atomic E-state index is 13.7. The van der Waals surface area contributed by atoms with Crippen molar-refractivity contribution in [1.82, 2.24) is 8.61 Å². The van der Waals surface area contributed by atoms with E-state index in [1.54, 1.807) is 42.6 Å². The molecule has 0 atom stereocenters. The van der Waals surface area contributed by atoms with Crippen molar-refractivity contribution < 1.29 is 26.3 Å². The summed E-state index contributed by atoms with van der Waals surface area (Å²) in [5.41, 5.74) is 1.99. The van der Waals surface area contributed by atoms with E-state index in [2.05, 4.69) is 0 Å². The third-order valence-corrected chi connectivity index (χ3v) is 11.7. The molecule has 0 radical (unpaired) electrons. The van der Waals surface area contributed by atoms with Gasteiger partial charge in [0.05, 0.1) is 24.0 Å². The Kier molecular flexibility index (Phi) is 6.95. The van der Waals surface area contributed by atoms with Gasteiger partial charge in [0.25, 0.3) is 0 Å². The predicted octanol–water partition coefficient (Wildman–Crippen LogP) is 3.49. The number of ether oxygens (including phenoxy) is 2. The number of aryl methyl sites for hydroxylation is 1. The van der Waals surface area contributed by atoms with Crippen LogP contribution >= 0.6 is 0 Å². The van der Waals surface area contributed by atoms with Gasteiger partial charge in [-0.3, -0.25) is 0 Å². The van der Waals surface area contributed by atoms with Gasteiger partial charge in [-0.05, 0) is 80.3 Å². The number of sulfonamides is 2. The Labute approximate surface area is 208 Å². The molecule has 0 bridgehead atoms. The third-order valence-electron chi connectivity index (χ3n) is 7.66. The van der Waals surface area contributed by atoms with Gasteiger partial charge in [0, 0.05) is 32.2 Å². The van der Waals surface area contributed by atoms with Crippen molar-refractivity contribution in [3.8, 4) is 11.5 Å². The maximum atomic E-state index is 13.7. The van der Waals surface area contributed by atoms with Gasteiger partial charge in [-0.1, -0.05) is 6.07 Å². The van der Waals surface area contributed by atoms with Crippen LogP contribution in [-0.4, -0.2) is 65.8 Å². The highest BCUT2D eigenvalue weighted by molar-refractivity contribution is 7.89. The summed E-state index contributed by atoms with van der Waals surface area (Å²) in [7, 11) is -4.23. The van der Waals surface area contributed by atoms with Crippen LogP contribution in [-0.2, 0) is 20.0 Å². The molecule has 0 aliphatic carbocycles. The lowest BCUT2D eigenvalue weighted by atomic mass is 9.78. The molecule has 0 N–H and O–H groups in total. The predicted molar refractivity (Wildman–Crippen MR) is 134 cm³/mol. The maximum Gasteiger partial charge on any atom is 0.243 e. The summed E-state index contributed by atoms with van der Waals surface area (Å²) in [6, 6.07) is 8.27. The molecule has 1 spiro atoms. The van der Waals surface area contributed by atoms with E-state index in [1.165, 1.54) is 17.5 Å². The molecule has 2 saturated heterocycles. The number of methoxy groups -OCH3 is 2. The van der Waals surface area contributed by atoms with Gasteiger partial charge in [-0.25, -0.2) is 16.8 Å². The second kappa shape index (κ2) is 9.38. The SMILES string of the molecule is COc1cccc(S(=O)(=O)N2CCC3(CC2)CCN(S(=O)(=O)c2c(C)cc(OC)c(C)c2C)C3)c1. The van der Waals surface area contributed by atoms with E-state index in [9.17, 15) is 16.8 Å². The zero-order valence-electron chi connectivity index (χ0n) is 21.0. The van der Waals surface area contributed by atoms with E-state index < -0.39 is 20.0 Å². The van der Waals surface area contributed by atoms with Crippen molar-refractivity contribution in [3.05, 3.63) is 47.0 Å². The molecule has 2 aromatic carbocycles. The van der Waals surface area contributed by atoms with Crippen LogP contribution < -0.4 is 9.47 Å². The Morgan fingerprint density at radius 1 is 0.800 bits per heavy atom. The number of piperidine rings is 1. The second-order valence-electron chi connectivity index (χ2n) is 9.65. The molecule has 0 saturated carbocycles. The molecular formula is C25H34N2O6S2. The van der Waals surface area contributed by atoms with Crippen molar-refractivity contribution in [1.29, 1.82) is 0 Å². The number of hydrogen-bond donors (Lipinski definition) is 0. The van der Waals surface area contributed by atoms with Gasteiger partial charge in [0.1, 0.15) is 11.5 Å². The molecule has 8 nitrogen and oxygen atoms in total. The molecule has 35 heavy (non-hydrogen) atoms. The van der Waals surface area contributed by atoms with Gasteiger partial charge >= 0.3 is 0 Å². The molecule has 2 aliphatic rings. The summed E-state index contributed by atoms with van der Waals surface area (Å²) < 4.78 is 67.4. The van der Waals surface area contributed by atoms with E-state index in [4.69, 9.17) is 9.47 Å². The van der Waals surface area contributed by atoms with Crippen LogP contribution in [0.15, 0.2) is 40.1 Å². The number of nitrogens with zero attached hydrogens (tertiary/aromatic N) is 2. The van der Waals surface area contributed by atoms with Crippen molar-refractivity contribution in [2.24, 2.45) is 5.41 Å². The van der Waals surface area contributed by atoms with Crippen molar-refractivity contribution in [2.75, 3.05) is 40.4 Å². The summed E-state index contributed by atoms with van der Waals surface area (Å²) in [5, 5.41) is 0. The van der Waals surface area contributed by atoms with Gasteiger partial charge in [-0.15, -0.1) is 0 Å². The summed E-state index contributed by atoms with van der Waals surface area (Å²) in [6.45, 7) is 7.08. The Bertz CT molecular complexity index is 1330. The normalized spacial score (nSPS) is 19.2. The van der Waals surface area contributed by atoms with Crippen LogP contribution in [0.5, 0.6) is 11.5 Å². The summed E-state index contributed by atoms with van der Waals surface area (Å²) in [4.78, 5) is 0.565. The van der Waals surface area contributed by atoms with E-state index >= 15 is 0 Å². The molecule has 0 unspecified atom stereocenters. The van der Waals surface area contributed by atoms with Gasteiger partial charge in [-0.2, -0.15) is 8.61 Å². The Morgan fingerprint density at radius 2 is 1.43 bits per heavy atom. The molecule has 2 aromatic rings. The lowest BCUT2D eigenvalue weighted by Crippen LogP contribution is -2.44. The minimum absolute atomic E-state index is 0.212. The lowest BCUT2D eigenvalue weighted by molar-refractivity contribution is 0.167. The first kappa shape index (κ1) is 25.9. The van der Waals surface area contributed by atoms with Crippen molar-refractivity contribution >= 4 is 20.0 Å². The molecule has 10 heteroatoms. The fourth-order valence-corrected chi connectivity index (χ4v) is 8.89. The highest BCUT2D eigenvalue weighted by Crippen LogP contribution is 2.44. The Morgan fingerprint density at radius 3 is 2.03 bits per heavy atom. The molecule has 2 heterocycles. The largest absolute Gasteiger partial charge is 0.497 e. The van der Waals surface area contributed by atoms with Crippen LogP contribution in [0.25, 0.3) is 0 Å². The number of hydrogen-bond acceptors (Lipinski definition) is 6. The Balaban J connectivity index is 1.51. The van der Waals surface area contributed by atoms with Crippen LogP contribution in [0.1, 0.15) is 36.0 Å². The molecule has 0 amide bonds. The molecule has 192 valence electrons. The van der Waals surface area contributed by atoms with Crippen LogP contribution in [0.4, 0.5) is 0 Å². The standard InChI is InChI=1S/C25H34N2O6S2/c1-18-15-23(33-5)19(2)20(3)24(18)35(30,31)27-14-11-25(17-27)9-12-26(13-10-25)34(28,29)22-8-6-7-21(16-22)32-4/h6-8,15-16H,9-14,17H2,1-5H3. The van der Waals surface area contributed by atoms with Gasteiger partial charge < -0.3 is 9.47 Å². The summed E-state index contributed by atoms with van der Waals surface area (Å²) >= 11 is 0. The van der Waals surface area contributed by atoms with Gasteiger partial charge in [0.2, 0.25) is 20.0 Å². The third kappa shape index (κ3) is 4.57. The van der Waals surface area contributed by atoms with E-state index in [0.717, 1.165) is 12.0 Å². The first-order valence-electron chi connectivity index (χ1n) is 11.7. The summed E-state index contributed by atoms with van der Waals surface area (Å²) in [6.07, 6.45) is 1.98. The molecule has 2 fully saturated rings. The van der Waals surface area contributed by atoms with E-state index in [-0.39, 0.29) is 10.3 Å². The monoisotopic (exact) mass is 522 g/mol. The minimum atomic E-state index is -3.68. The topological polar surface area (TPSA) is 93.2 Å². The zero-order valence-corrected chi connectivity index (χ0v) is 22.6. The molecule has 0 aromatic heterocycles. The lowest BCUT2D eigenvalue weighted by Gasteiger charge is -2.38. The molecular weight excluding hydrogens is 488 g/mol. The van der Waals surface area contributed by atoms with Crippen LogP contribution in [0.2, 0.25) is 0 Å². The molecule has 4 rings (SSSR count). The van der Waals surface area contributed by atoms with Crippen molar-refractivity contribution in [3.63, 3.8) is 0 Å². The highest BCUT2D eigenvalue weighted by Gasteiger charge is 2.46. The fourth-order valence-electron chi connectivity index (χ4n) is 5.38.